The van der Waals surface area contributed by atoms with Crippen LogP contribution in [0.1, 0.15) is 13.3 Å². The van der Waals surface area contributed by atoms with Gasteiger partial charge in [0.1, 0.15) is 0 Å². The van der Waals surface area contributed by atoms with Gasteiger partial charge in [-0.2, -0.15) is 6.42 Å². The summed E-state index contributed by atoms with van der Waals surface area (Å²) in [5.74, 6) is 0. The van der Waals surface area contributed by atoms with E-state index in [1.54, 1.807) is 0 Å². The summed E-state index contributed by atoms with van der Waals surface area (Å²) in [6, 6.07) is 0. The average Bonchev–Trinajstić information content (AvgIpc) is 0.918. The fourth-order valence-corrected chi connectivity index (χ4v) is 0. The van der Waals surface area contributed by atoms with Crippen LogP contribution in [-0.4, -0.2) is 0 Å². The van der Waals surface area contributed by atoms with Gasteiger partial charge in [-0.15, -0.1) is 0 Å². The molecule has 0 saturated heterocycles. The normalized spacial score (nSPS) is 3.60. The second-order valence-electron chi connectivity index (χ2n) is 0.500. The minimum atomic E-state index is 0. The quantitative estimate of drug-likeness (QED) is 0.539. The van der Waals surface area contributed by atoms with Crippen molar-refractivity contribution in [2.45, 2.75) is 13.3 Å². The fourth-order valence-electron chi connectivity index (χ4n) is 0. The van der Waals surface area contributed by atoms with Crippen molar-refractivity contribution in [2.75, 3.05) is 0 Å². The Morgan fingerprint density at radius 3 is 1.40 bits per heavy atom. The molecule has 0 rings (SSSR count). The van der Waals surface area contributed by atoms with E-state index in [9.17, 15) is 0 Å². The Hall–Kier alpha value is 2.21. The zero-order valence-electron chi connectivity index (χ0n) is 3.57. The summed E-state index contributed by atoms with van der Waals surface area (Å²) in [6.07, 6.45) is 1.00. The first-order valence-corrected chi connectivity index (χ1v) is 1.21. The first-order chi connectivity index (χ1) is 1.41. The van der Waals surface area contributed by atoms with Crippen LogP contribution in [0.3, 0.4) is 0 Å². The summed E-state index contributed by atoms with van der Waals surface area (Å²) in [4.78, 5) is 0. The molecule has 0 spiro atoms. The van der Waals surface area contributed by atoms with Gasteiger partial charge in [-0.1, -0.05) is 6.92 Å². The van der Waals surface area contributed by atoms with Gasteiger partial charge in [-0.05, 0) is 0 Å². The van der Waals surface area contributed by atoms with Gasteiger partial charge in [-0.3, -0.25) is 0 Å². The summed E-state index contributed by atoms with van der Waals surface area (Å²) in [6.45, 7) is 5.50. The molecule has 0 aromatic carbocycles. The molecule has 0 bridgehead atoms. The van der Waals surface area contributed by atoms with Gasteiger partial charge >= 0.3 is 0 Å². The Morgan fingerprint density at radius 1 is 1.40 bits per heavy atom. The summed E-state index contributed by atoms with van der Waals surface area (Å²) < 4.78 is 0. The topological polar surface area (TPSA) is 0 Å². The van der Waals surface area contributed by atoms with Crippen molar-refractivity contribution < 1.29 is 65.4 Å². The van der Waals surface area contributed by atoms with Crippen LogP contribution in [0.4, 0.5) is 0 Å². The molecule has 0 saturated carbocycles. The summed E-state index contributed by atoms with van der Waals surface area (Å²) >= 11 is 0. The first kappa shape index (κ1) is 15.7. The van der Waals surface area contributed by atoms with Crippen molar-refractivity contribution in [1.82, 2.24) is 0 Å². The van der Waals surface area contributed by atoms with Crippen LogP contribution in [0.5, 0.6) is 0 Å². The average molecular weight is 221 g/mol. The molecule has 0 unspecified atom stereocenters. The molecule has 0 atom stereocenters. The molecular weight excluding hydrogens is 214 g/mol. The van der Waals surface area contributed by atoms with Crippen molar-refractivity contribution in [2.24, 2.45) is 0 Å². The largest absolute Gasteiger partial charge is 0.344 e. The van der Waals surface area contributed by atoms with Gasteiger partial charge in [0.2, 0.25) is 0 Å². The van der Waals surface area contributed by atoms with Gasteiger partial charge < -0.3 is 6.92 Å². The molecule has 0 aliphatic rings. The predicted molar refractivity (Wildman–Crippen MR) is 15.6 cm³/mol. The van der Waals surface area contributed by atoms with Gasteiger partial charge in [-0.25, -0.2) is 0 Å². The molecule has 0 aliphatic heterocycles. The maximum absolute atomic E-state index is 3.49. The Labute approximate surface area is 84.2 Å². The van der Waals surface area contributed by atoms with Crippen LogP contribution in [-0.2, 0) is 65.4 Å². The van der Waals surface area contributed by atoms with E-state index in [0.29, 0.717) is 0 Å². The maximum atomic E-state index is 3.49. The third-order valence-electron chi connectivity index (χ3n) is 0. The van der Waals surface area contributed by atoms with Crippen LogP contribution in [0.15, 0.2) is 0 Å². The van der Waals surface area contributed by atoms with Crippen molar-refractivity contribution >= 4 is 0 Å². The van der Waals surface area contributed by atoms with Crippen LogP contribution >= 0.6 is 0 Å². The van der Waals surface area contributed by atoms with Crippen LogP contribution in [0.2, 0.25) is 0 Å². The molecule has 2 heteroatoms. The maximum Gasteiger partial charge on any atom is 0 e. The summed E-state index contributed by atoms with van der Waals surface area (Å²) in [5.41, 5.74) is 0. The third-order valence-corrected chi connectivity index (χ3v) is 0. The Kier molecular flexibility index (Phi) is 51.3. The summed E-state index contributed by atoms with van der Waals surface area (Å²) in [5, 5.41) is 0. The Morgan fingerprint density at radius 2 is 1.40 bits per heavy atom. The number of hydrogen-bond acceptors (Lipinski definition) is 0. The molecule has 0 N–H and O–H groups in total. The van der Waals surface area contributed by atoms with Crippen LogP contribution in [0.25, 0.3) is 0 Å². The van der Waals surface area contributed by atoms with Crippen LogP contribution in [0, 0.1) is 6.92 Å². The second kappa shape index (κ2) is 16.4. The monoisotopic (exact) mass is 221 g/mol. The van der Waals surface area contributed by atoms with E-state index in [-0.39, 0.29) is 65.4 Å². The molecule has 0 aliphatic carbocycles. The van der Waals surface area contributed by atoms with Crippen LogP contribution < -0.4 is 0 Å². The number of hydrogen-bond donors (Lipinski definition) is 0. The van der Waals surface area contributed by atoms with E-state index in [4.69, 9.17) is 0 Å². The Balaban J connectivity index is -0.0000000200. The minimum Gasteiger partial charge on any atom is -0.344 e. The molecule has 0 aromatic heterocycles. The smallest absolute Gasteiger partial charge is 0 e. The van der Waals surface area contributed by atoms with E-state index in [1.807, 2.05) is 6.92 Å². The first-order valence-electron chi connectivity index (χ1n) is 1.21. The molecule has 0 amide bonds. The Bertz CT molecular complexity index is 4.85. The van der Waals surface area contributed by atoms with E-state index in [2.05, 4.69) is 6.92 Å². The van der Waals surface area contributed by atoms with Gasteiger partial charge in [0.15, 0.2) is 0 Å². The molecule has 0 heterocycles. The minimum absolute atomic E-state index is 0. The van der Waals surface area contributed by atoms with E-state index in [0.717, 1.165) is 6.42 Å². The van der Waals surface area contributed by atoms with E-state index >= 15 is 0 Å². The van der Waals surface area contributed by atoms with Gasteiger partial charge in [0, 0.05) is 65.4 Å². The molecule has 0 aromatic rings. The third kappa shape index (κ3) is 22.5. The SMILES string of the molecule is [CH2-]CC.[Y].[Y]. The van der Waals surface area contributed by atoms with Crippen molar-refractivity contribution in [3.05, 3.63) is 6.92 Å². The standard InChI is InChI=1S/C3H7.2Y/c1-3-2;;/h1,3H2,2H3;;/q-1;;. The van der Waals surface area contributed by atoms with E-state index < -0.39 is 0 Å². The van der Waals surface area contributed by atoms with Gasteiger partial charge in [0.25, 0.3) is 0 Å². The molecule has 5 heavy (non-hydrogen) atoms. The molecular formula is C3H7Y2-. The second-order valence-corrected chi connectivity index (χ2v) is 0.500. The van der Waals surface area contributed by atoms with Crippen molar-refractivity contribution in [3.63, 3.8) is 0 Å². The molecule has 2 radical (unpaired) electrons. The fraction of sp³-hybridized carbons (Fsp3) is 0.667. The molecule has 26 valence electrons. The zero-order chi connectivity index (χ0) is 2.71. The van der Waals surface area contributed by atoms with Crippen molar-refractivity contribution in [1.29, 1.82) is 0 Å². The van der Waals surface area contributed by atoms with Crippen molar-refractivity contribution in [3.8, 4) is 0 Å². The predicted octanol–water partition coefficient (Wildman–Crippen LogP) is 1.23. The summed E-state index contributed by atoms with van der Waals surface area (Å²) in [7, 11) is 0. The zero-order valence-corrected chi connectivity index (χ0v) is 9.25. The molecule has 0 nitrogen and oxygen atoms in total. The van der Waals surface area contributed by atoms with Gasteiger partial charge in [0.05, 0.1) is 0 Å². The molecule has 0 fully saturated rings. The van der Waals surface area contributed by atoms with E-state index in [1.165, 1.54) is 0 Å². The number of rotatable bonds is 0.